The van der Waals surface area contributed by atoms with E-state index in [9.17, 15) is 4.79 Å². The lowest BCUT2D eigenvalue weighted by Gasteiger charge is -2.17. The molecular formula is C16H22BrNO2Si. The largest absolute Gasteiger partial charge is 0.381 e. The normalized spacial score (nSPS) is 17.0. The number of fused-ring (bicyclic) bond motifs is 1. The van der Waals surface area contributed by atoms with Gasteiger partial charge in [0.15, 0.2) is 5.78 Å². The van der Waals surface area contributed by atoms with Crippen LogP contribution in [-0.2, 0) is 4.74 Å². The summed E-state index contributed by atoms with van der Waals surface area (Å²) in [5.41, 5.74) is 2.69. The van der Waals surface area contributed by atoms with Crippen molar-refractivity contribution in [2.75, 3.05) is 18.5 Å². The van der Waals surface area contributed by atoms with Crippen LogP contribution in [0.4, 0.5) is 5.69 Å². The summed E-state index contributed by atoms with van der Waals surface area (Å²) in [6, 6.07) is 6.89. The zero-order valence-electron chi connectivity index (χ0n) is 12.9. The average molecular weight is 368 g/mol. The van der Waals surface area contributed by atoms with Crippen LogP contribution in [0.5, 0.6) is 0 Å². The van der Waals surface area contributed by atoms with Crippen LogP contribution in [0.3, 0.4) is 0 Å². The molecule has 5 heteroatoms. The second-order valence-electron chi connectivity index (χ2n) is 6.57. The zero-order chi connectivity index (χ0) is 15.5. The van der Waals surface area contributed by atoms with Gasteiger partial charge in [-0.2, -0.15) is 0 Å². The first-order valence-electron chi connectivity index (χ1n) is 7.26. The number of hydrogen-bond acceptors (Lipinski definition) is 3. The predicted octanol–water partition coefficient (Wildman–Crippen LogP) is 4.42. The molecule has 0 aliphatic carbocycles. The third kappa shape index (κ3) is 4.34. The molecule has 0 aromatic heterocycles. The van der Waals surface area contributed by atoms with Gasteiger partial charge in [-0.1, -0.05) is 47.7 Å². The van der Waals surface area contributed by atoms with Gasteiger partial charge < -0.3 is 4.74 Å². The van der Waals surface area contributed by atoms with Crippen LogP contribution in [0, 0.1) is 0 Å². The Bertz CT molecular complexity index is 552. The summed E-state index contributed by atoms with van der Waals surface area (Å²) in [5, 5.41) is 0.340. The maximum Gasteiger partial charge on any atom is 0.173 e. The van der Waals surface area contributed by atoms with Crippen LogP contribution in [0.25, 0.3) is 0 Å². The molecule has 0 radical (unpaired) electrons. The van der Waals surface area contributed by atoms with E-state index in [0.29, 0.717) is 11.9 Å². The summed E-state index contributed by atoms with van der Waals surface area (Å²) >= 11 is 3.25. The van der Waals surface area contributed by atoms with Crippen molar-refractivity contribution >= 4 is 41.7 Å². The molecule has 1 atom stereocenters. The molecule has 0 spiro atoms. The third-order valence-corrected chi connectivity index (χ3v) is 5.78. The average Bonchev–Trinajstić information content (AvgIpc) is 2.85. The quantitative estimate of drug-likeness (QED) is 0.309. The van der Waals surface area contributed by atoms with Crippen molar-refractivity contribution in [3.63, 3.8) is 0 Å². The minimum absolute atomic E-state index is 0.0980. The molecule has 0 amide bonds. The smallest absolute Gasteiger partial charge is 0.173 e. The fourth-order valence-electron chi connectivity index (χ4n) is 2.33. The van der Waals surface area contributed by atoms with Crippen molar-refractivity contribution in [1.82, 2.24) is 0 Å². The summed E-state index contributed by atoms with van der Waals surface area (Å²) in [5.74, 6) is 0.199. The van der Waals surface area contributed by atoms with E-state index in [4.69, 9.17) is 4.74 Å². The SMILES string of the molecule is C[Si](C)(C)CCOCC1C=Nc2cccc(C(=O)CBr)c21. The Balaban J connectivity index is 2.04. The Labute approximate surface area is 135 Å². The minimum atomic E-state index is -1.06. The number of carbonyl (C=O) groups is 1. The number of nitrogens with zero attached hydrogens (tertiary/aromatic N) is 1. The number of alkyl halides is 1. The van der Waals surface area contributed by atoms with Gasteiger partial charge in [0.1, 0.15) is 0 Å². The van der Waals surface area contributed by atoms with Crippen LogP contribution in [0.1, 0.15) is 21.8 Å². The molecule has 21 heavy (non-hydrogen) atoms. The van der Waals surface area contributed by atoms with Crippen molar-refractivity contribution in [2.24, 2.45) is 4.99 Å². The monoisotopic (exact) mass is 367 g/mol. The van der Waals surface area contributed by atoms with Crippen molar-refractivity contribution in [3.05, 3.63) is 29.3 Å². The van der Waals surface area contributed by atoms with Crippen molar-refractivity contribution in [2.45, 2.75) is 31.6 Å². The Kier molecular flexibility index (Phi) is 5.52. The Morgan fingerprint density at radius 2 is 2.14 bits per heavy atom. The number of Topliss-reactive ketones (excluding diaryl/α,β-unsaturated/α-hetero) is 1. The van der Waals surface area contributed by atoms with E-state index >= 15 is 0 Å². The highest BCUT2D eigenvalue weighted by molar-refractivity contribution is 9.09. The van der Waals surface area contributed by atoms with Crippen LogP contribution in [0.2, 0.25) is 25.7 Å². The molecule has 0 fully saturated rings. The first-order chi connectivity index (χ1) is 9.92. The van der Waals surface area contributed by atoms with Crippen molar-refractivity contribution < 1.29 is 9.53 Å². The summed E-state index contributed by atoms with van der Waals surface area (Å²) in [6.45, 7) is 8.43. The van der Waals surface area contributed by atoms with E-state index in [1.54, 1.807) is 0 Å². The van der Waals surface area contributed by atoms with Crippen molar-refractivity contribution in [1.29, 1.82) is 0 Å². The summed E-state index contributed by atoms with van der Waals surface area (Å²) in [6.07, 6.45) is 1.91. The van der Waals surface area contributed by atoms with Gasteiger partial charge in [-0.25, -0.2) is 0 Å². The van der Waals surface area contributed by atoms with E-state index in [-0.39, 0.29) is 11.7 Å². The number of carbonyl (C=O) groups excluding carboxylic acids is 1. The highest BCUT2D eigenvalue weighted by atomic mass is 79.9. The van der Waals surface area contributed by atoms with E-state index in [1.807, 2.05) is 24.4 Å². The number of rotatable bonds is 7. The molecule has 1 aromatic rings. The van der Waals surface area contributed by atoms with Crippen LogP contribution in [0.15, 0.2) is 23.2 Å². The number of ether oxygens (including phenoxy) is 1. The topological polar surface area (TPSA) is 38.7 Å². The maximum absolute atomic E-state index is 12.0. The minimum Gasteiger partial charge on any atom is -0.381 e. The van der Waals surface area contributed by atoms with E-state index in [1.165, 1.54) is 0 Å². The highest BCUT2D eigenvalue weighted by Gasteiger charge is 2.25. The van der Waals surface area contributed by atoms with Crippen LogP contribution < -0.4 is 0 Å². The van der Waals surface area contributed by atoms with Crippen LogP contribution in [-0.4, -0.2) is 38.6 Å². The lowest BCUT2D eigenvalue weighted by atomic mass is 9.94. The van der Waals surface area contributed by atoms with Crippen LogP contribution >= 0.6 is 15.9 Å². The Morgan fingerprint density at radius 3 is 2.81 bits per heavy atom. The van der Waals surface area contributed by atoms with Gasteiger partial charge in [0.2, 0.25) is 0 Å². The van der Waals surface area contributed by atoms with Gasteiger partial charge in [0.25, 0.3) is 0 Å². The van der Waals surface area contributed by atoms with E-state index in [0.717, 1.165) is 29.5 Å². The molecule has 0 bridgehead atoms. The van der Waals surface area contributed by atoms with E-state index in [2.05, 4.69) is 40.6 Å². The van der Waals surface area contributed by atoms with Crippen molar-refractivity contribution in [3.8, 4) is 0 Å². The fourth-order valence-corrected chi connectivity index (χ4v) is 3.39. The standard InChI is InChI=1S/C16H22BrNO2Si/c1-21(2,3)8-7-20-11-12-10-18-14-6-4-5-13(16(12)14)15(19)9-17/h4-6,10,12H,7-9,11H2,1-3H3. The molecule has 3 nitrogen and oxygen atoms in total. The second-order valence-corrected chi connectivity index (χ2v) is 12.7. The lowest BCUT2D eigenvalue weighted by molar-refractivity contribution is 0.102. The predicted molar refractivity (Wildman–Crippen MR) is 94.4 cm³/mol. The molecule has 0 N–H and O–H groups in total. The lowest BCUT2D eigenvalue weighted by Crippen LogP contribution is -2.22. The van der Waals surface area contributed by atoms with Gasteiger partial charge in [-0.3, -0.25) is 9.79 Å². The molecule has 114 valence electrons. The summed E-state index contributed by atoms with van der Waals surface area (Å²) < 4.78 is 5.84. The van der Waals surface area contributed by atoms with Gasteiger partial charge >= 0.3 is 0 Å². The van der Waals surface area contributed by atoms with Gasteiger partial charge in [0, 0.05) is 32.4 Å². The van der Waals surface area contributed by atoms with Gasteiger partial charge in [-0.15, -0.1) is 0 Å². The fraction of sp³-hybridized carbons (Fsp3) is 0.500. The third-order valence-electron chi connectivity index (χ3n) is 3.56. The number of aliphatic imine (C=N–C) groups is 1. The molecule has 0 saturated heterocycles. The van der Waals surface area contributed by atoms with Gasteiger partial charge in [-0.05, 0) is 17.7 Å². The first kappa shape index (κ1) is 16.6. The molecule has 2 rings (SSSR count). The summed E-state index contributed by atoms with van der Waals surface area (Å²) in [4.78, 5) is 16.5. The summed E-state index contributed by atoms with van der Waals surface area (Å²) in [7, 11) is -1.06. The number of hydrogen-bond donors (Lipinski definition) is 0. The number of ketones is 1. The van der Waals surface area contributed by atoms with Gasteiger partial charge in [0.05, 0.1) is 17.6 Å². The molecule has 1 aliphatic rings. The molecule has 1 aromatic carbocycles. The molecular weight excluding hydrogens is 346 g/mol. The molecule has 1 aliphatic heterocycles. The van der Waals surface area contributed by atoms with E-state index < -0.39 is 8.07 Å². The number of halogens is 1. The number of benzene rings is 1. The first-order valence-corrected chi connectivity index (χ1v) is 12.1. The Hall–Kier alpha value is -0.783. The maximum atomic E-state index is 12.0. The molecule has 1 heterocycles. The molecule has 0 saturated carbocycles. The Morgan fingerprint density at radius 1 is 1.38 bits per heavy atom. The molecule has 1 unspecified atom stereocenters. The highest BCUT2D eigenvalue weighted by Crippen LogP contribution is 2.35. The zero-order valence-corrected chi connectivity index (χ0v) is 15.4. The second kappa shape index (κ2) is 6.98.